The first-order chi connectivity index (χ1) is 19.8. The van der Waals surface area contributed by atoms with Crippen molar-refractivity contribution in [1.29, 1.82) is 0 Å². The summed E-state index contributed by atoms with van der Waals surface area (Å²) in [5.41, 5.74) is 5.44. The number of para-hydroxylation sites is 1. The molecule has 0 amide bonds. The van der Waals surface area contributed by atoms with E-state index < -0.39 is 0 Å². The van der Waals surface area contributed by atoms with Gasteiger partial charge in [-0.05, 0) is 17.5 Å². The van der Waals surface area contributed by atoms with E-state index in [1.54, 1.807) is 0 Å². The first-order valence-electron chi connectivity index (χ1n) is 13.3. The fourth-order valence-corrected chi connectivity index (χ4v) is 5.89. The molecule has 0 saturated heterocycles. The number of fused-ring (bicyclic) bond motifs is 5. The van der Waals surface area contributed by atoms with E-state index in [9.17, 15) is 4.79 Å². The molecule has 0 spiro atoms. The molecule has 0 unspecified atom stereocenters. The van der Waals surface area contributed by atoms with Crippen LogP contribution in [0.2, 0.25) is 0 Å². The Kier molecular flexibility index (Phi) is 4.97. The lowest BCUT2D eigenvalue weighted by molar-refractivity contribution is 1.21. The second kappa shape index (κ2) is 8.82. The van der Waals surface area contributed by atoms with Crippen molar-refractivity contribution in [2.75, 3.05) is 6.54 Å². The average molecular weight is 515 g/mol. The molecular formula is C35H22N4O. The summed E-state index contributed by atoms with van der Waals surface area (Å²) in [6.07, 6.45) is 0. The number of nitrogens with zero attached hydrogens (tertiary/aromatic N) is 4. The van der Waals surface area contributed by atoms with Crippen LogP contribution in [0, 0.1) is 0 Å². The monoisotopic (exact) mass is 514 g/mol. The van der Waals surface area contributed by atoms with Crippen molar-refractivity contribution in [3.8, 4) is 0 Å². The molecule has 188 valence electrons. The van der Waals surface area contributed by atoms with Crippen LogP contribution in [-0.4, -0.2) is 28.3 Å². The van der Waals surface area contributed by atoms with Crippen LogP contribution < -0.4 is 5.56 Å². The SMILES string of the molecule is O=c1c2ccccc2c2cccc3c4c(C5=NC(c6ccccc6)=NC(c6ccccc6)=NC5)cccc4n1c23. The van der Waals surface area contributed by atoms with Crippen LogP contribution in [-0.2, 0) is 0 Å². The molecule has 2 aromatic heterocycles. The molecule has 0 fully saturated rings. The zero-order chi connectivity index (χ0) is 26.6. The summed E-state index contributed by atoms with van der Waals surface area (Å²) in [5.74, 6) is 1.27. The number of aliphatic imine (C=N–C) groups is 3. The van der Waals surface area contributed by atoms with E-state index in [0.29, 0.717) is 23.6 Å². The Bertz CT molecular complexity index is 2240. The maximum Gasteiger partial charge on any atom is 0.263 e. The smallest absolute Gasteiger partial charge is 0.263 e. The molecule has 0 bridgehead atoms. The standard InChI is InChI=1S/C35H22N4O/c40-35-26-16-8-7-15-24(26)25-17-9-19-28-31-27(18-10-20-30(31)39(35)32(25)28)29-21-36-33(22-11-3-1-4-12-22)38-34(37-29)23-13-5-2-6-14-23/h1-20H,21H2. The van der Waals surface area contributed by atoms with Gasteiger partial charge in [0.05, 0.1) is 23.3 Å². The number of benzene rings is 5. The summed E-state index contributed by atoms with van der Waals surface area (Å²) in [4.78, 5) is 28.9. The van der Waals surface area contributed by atoms with Gasteiger partial charge in [-0.15, -0.1) is 0 Å². The normalized spacial score (nSPS) is 13.9. The Morgan fingerprint density at radius 3 is 1.95 bits per heavy atom. The first kappa shape index (κ1) is 22.6. The summed E-state index contributed by atoms with van der Waals surface area (Å²) < 4.78 is 1.87. The van der Waals surface area contributed by atoms with Crippen molar-refractivity contribution in [2.24, 2.45) is 15.0 Å². The lowest BCUT2D eigenvalue weighted by Gasteiger charge is -2.07. The Morgan fingerprint density at radius 1 is 0.550 bits per heavy atom. The van der Waals surface area contributed by atoms with Gasteiger partial charge in [0.15, 0.2) is 11.7 Å². The molecule has 0 N–H and O–H groups in total. The highest BCUT2D eigenvalue weighted by atomic mass is 16.1. The highest BCUT2D eigenvalue weighted by molar-refractivity contribution is 6.28. The van der Waals surface area contributed by atoms with Gasteiger partial charge in [0, 0.05) is 38.2 Å². The van der Waals surface area contributed by atoms with Crippen molar-refractivity contribution in [3.05, 3.63) is 148 Å². The minimum Gasteiger partial charge on any atom is -0.275 e. The second-order valence-electron chi connectivity index (χ2n) is 9.95. The lowest BCUT2D eigenvalue weighted by atomic mass is 10.0. The number of pyridine rings is 1. The highest BCUT2D eigenvalue weighted by Crippen LogP contribution is 2.36. The molecule has 1 aliphatic heterocycles. The fourth-order valence-electron chi connectivity index (χ4n) is 5.89. The molecule has 0 saturated carbocycles. The van der Waals surface area contributed by atoms with E-state index in [1.807, 2.05) is 101 Å². The summed E-state index contributed by atoms with van der Waals surface area (Å²) >= 11 is 0. The van der Waals surface area contributed by atoms with Crippen LogP contribution in [0.5, 0.6) is 0 Å². The van der Waals surface area contributed by atoms with Gasteiger partial charge in [-0.1, -0.05) is 109 Å². The quantitative estimate of drug-likeness (QED) is 0.237. The topological polar surface area (TPSA) is 58.6 Å². The molecule has 1 aliphatic rings. The molecule has 40 heavy (non-hydrogen) atoms. The zero-order valence-electron chi connectivity index (χ0n) is 21.5. The van der Waals surface area contributed by atoms with Crippen LogP contribution in [0.25, 0.3) is 38.0 Å². The second-order valence-corrected chi connectivity index (χ2v) is 9.95. The van der Waals surface area contributed by atoms with Gasteiger partial charge in [0.1, 0.15) is 0 Å². The highest BCUT2D eigenvalue weighted by Gasteiger charge is 2.22. The summed E-state index contributed by atoms with van der Waals surface area (Å²) in [7, 11) is 0. The average Bonchev–Trinajstić information content (AvgIpc) is 3.20. The van der Waals surface area contributed by atoms with Crippen LogP contribution in [0.4, 0.5) is 0 Å². The molecule has 0 radical (unpaired) electrons. The van der Waals surface area contributed by atoms with Gasteiger partial charge in [0.25, 0.3) is 5.56 Å². The Labute approximate surface area is 229 Å². The van der Waals surface area contributed by atoms with E-state index >= 15 is 0 Å². The van der Waals surface area contributed by atoms with E-state index in [-0.39, 0.29) is 5.56 Å². The van der Waals surface area contributed by atoms with Crippen molar-refractivity contribution in [3.63, 3.8) is 0 Å². The summed E-state index contributed by atoms with van der Waals surface area (Å²) in [6, 6.07) is 40.2. The van der Waals surface area contributed by atoms with Crippen molar-refractivity contribution in [1.82, 2.24) is 4.40 Å². The van der Waals surface area contributed by atoms with E-state index in [1.165, 1.54) is 0 Å². The summed E-state index contributed by atoms with van der Waals surface area (Å²) in [5, 5.41) is 4.78. The molecular weight excluding hydrogens is 492 g/mol. The molecule has 7 aromatic rings. The zero-order valence-corrected chi connectivity index (χ0v) is 21.5. The Balaban J connectivity index is 1.43. The number of hydrogen-bond donors (Lipinski definition) is 0. The van der Waals surface area contributed by atoms with E-state index in [0.717, 1.165) is 55.0 Å². The third kappa shape index (κ3) is 3.34. The Morgan fingerprint density at radius 2 is 1.18 bits per heavy atom. The van der Waals surface area contributed by atoms with Gasteiger partial charge in [-0.25, -0.2) is 9.98 Å². The van der Waals surface area contributed by atoms with Crippen molar-refractivity contribution >= 4 is 55.3 Å². The molecule has 0 aliphatic carbocycles. The maximum absolute atomic E-state index is 13.8. The van der Waals surface area contributed by atoms with Gasteiger partial charge in [0.2, 0.25) is 0 Å². The van der Waals surface area contributed by atoms with Gasteiger partial charge < -0.3 is 0 Å². The van der Waals surface area contributed by atoms with Crippen molar-refractivity contribution < 1.29 is 0 Å². The third-order valence-corrected chi connectivity index (χ3v) is 7.67. The van der Waals surface area contributed by atoms with E-state index in [2.05, 4.69) is 24.3 Å². The molecule has 3 heterocycles. The van der Waals surface area contributed by atoms with Crippen molar-refractivity contribution in [2.45, 2.75) is 0 Å². The maximum atomic E-state index is 13.8. The van der Waals surface area contributed by atoms with Crippen LogP contribution in [0.15, 0.2) is 141 Å². The van der Waals surface area contributed by atoms with Gasteiger partial charge in [-0.3, -0.25) is 14.2 Å². The minimum absolute atomic E-state index is 0.00910. The minimum atomic E-state index is -0.00910. The molecule has 8 rings (SSSR count). The third-order valence-electron chi connectivity index (χ3n) is 7.67. The van der Waals surface area contributed by atoms with Gasteiger partial charge >= 0.3 is 0 Å². The molecule has 5 nitrogen and oxygen atoms in total. The molecule has 5 heteroatoms. The fraction of sp³-hybridized carbons (Fsp3) is 0.0286. The van der Waals surface area contributed by atoms with Gasteiger partial charge in [-0.2, -0.15) is 0 Å². The van der Waals surface area contributed by atoms with Crippen LogP contribution >= 0.6 is 0 Å². The molecule has 5 aromatic carbocycles. The van der Waals surface area contributed by atoms with Crippen LogP contribution in [0.3, 0.4) is 0 Å². The summed E-state index contributed by atoms with van der Waals surface area (Å²) in [6.45, 7) is 0.365. The number of rotatable bonds is 3. The largest absolute Gasteiger partial charge is 0.275 e. The van der Waals surface area contributed by atoms with E-state index in [4.69, 9.17) is 15.0 Å². The molecule has 0 atom stereocenters. The number of aromatic nitrogens is 1. The number of amidine groups is 2. The predicted molar refractivity (Wildman–Crippen MR) is 165 cm³/mol. The number of hydrogen-bond acceptors (Lipinski definition) is 4. The Hall–Kier alpha value is -5.42. The first-order valence-corrected chi connectivity index (χ1v) is 13.3. The lowest BCUT2D eigenvalue weighted by Crippen LogP contribution is -2.13. The predicted octanol–water partition coefficient (Wildman–Crippen LogP) is 6.89. The van der Waals surface area contributed by atoms with Crippen LogP contribution in [0.1, 0.15) is 16.7 Å².